The molecule has 0 spiro atoms. The van der Waals surface area contributed by atoms with Gasteiger partial charge in [-0.15, -0.1) is 11.8 Å². The van der Waals surface area contributed by atoms with E-state index < -0.39 is 0 Å². The molecule has 2 rings (SSSR count). The second-order valence-corrected chi connectivity index (χ2v) is 6.62. The Morgan fingerprint density at radius 1 is 1.40 bits per heavy atom. The molecule has 0 aromatic heterocycles. The van der Waals surface area contributed by atoms with Gasteiger partial charge in [0.25, 0.3) is 0 Å². The molecule has 1 aromatic rings. The van der Waals surface area contributed by atoms with Crippen LogP contribution in [0.1, 0.15) is 24.4 Å². The summed E-state index contributed by atoms with van der Waals surface area (Å²) >= 11 is 1.78. The number of benzene rings is 1. The van der Waals surface area contributed by atoms with Gasteiger partial charge in [-0.25, -0.2) is 0 Å². The molecule has 3 nitrogen and oxygen atoms in total. The Morgan fingerprint density at radius 3 is 2.60 bits per heavy atom. The van der Waals surface area contributed by atoms with E-state index in [0.29, 0.717) is 18.6 Å². The monoisotopic (exact) mass is 293 g/mol. The minimum Gasteiger partial charge on any atom is -0.329 e. The molecule has 1 saturated heterocycles. The number of thioether (sulfide) groups is 1. The van der Waals surface area contributed by atoms with Crippen molar-refractivity contribution in [2.75, 3.05) is 40.0 Å². The lowest BCUT2D eigenvalue weighted by Gasteiger charge is -2.32. The Bertz CT molecular complexity index is 407. The lowest BCUT2D eigenvalue weighted by Crippen LogP contribution is -2.40. The van der Waals surface area contributed by atoms with Gasteiger partial charge in [-0.1, -0.05) is 12.1 Å². The third-order valence-corrected chi connectivity index (χ3v) is 5.17. The highest BCUT2D eigenvalue weighted by Crippen LogP contribution is 2.24. The van der Waals surface area contributed by atoms with Crippen molar-refractivity contribution in [3.05, 3.63) is 29.8 Å². The third-order valence-electron chi connectivity index (χ3n) is 4.43. The SMILES string of the molecule is CSc1ccc(C(CN)N(C)CC2CCCN2C)cc1. The fourth-order valence-electron chi connectivity index (χ4n) is 3.07. The van der Waals surface area contributed by atoms with E-state index in [2.05, 4.69) is 54.4 Å². The number of nitrogens with zero attached hydrogens (tertiary/aromatic N) is 2. The van der Waals surface area contributed by atoms with E-state index in [0.717, 1.165) is 6.54 Å². The fraction of sp³-hybridized carbons (Fsp3) is 0.625. The Balaban J connectivity index is 2.02. The van der Waals surface area contributed by atoms with E-state index in [4.69, 9.17) is 5.73 Å². The van der Waals surface area contributed by atoms with E-state index in [9.17, 15) is 0 Å². The lowest BCUT2D eigenvalue weighted by molar-refractivity contribution is 0.179. The molecule has 0 amide bonds. The van der Waals surface area contributed by atoms with Gasteiger partial charge >= 0.3 is 0 Å². The van der Waals surface area contributed by atoms with E-state index in [1.165, 1.54) is 29.8 Å². The standard InChI is InChI=1S/C16H27N3S/c1-18-10-4-5-14(18)12-19(2)16(11-17)13-6-8-15(20-3)9-7-13/h6-9,14,16H,4-5,10-12,17H2,1-3H3. The third kappa shape index (κ3) is 3.76. The maximum atomic E-state index is 6.02. The van der Waals surface area contributed by atoms with Crippen LogP contribution in [-0.2, 0) is 0 Å². The van der Waals surface area contributed by atoms with Crippen molar-refractivity contribution in [2.45, 2.75) is 29.8 Å². The van der Waals surface area contributed by atoms with Gasteiger partial charge in [-0.3, -0.25) is 4.90 Å². The molecule has 112 valence electrons. The maximum absolute atomic E-state index is 6.02. The molecule has 2 atom stereocenters. The predicted octanol–water partition coefficient (Wildman–Crippen LogP) is 2.43. The molecular formula is C16H27N3S. The molecule has 0 saturated carbocycles. The molecule has 1 aliphatic rings. The zero-order valence-corrected chi connectivity index (χ0v) is 13.7. The quantitative estimate of drug-likeness (QED) is 0.817. The van der Waals surface area contributed by atoms with Crippen LogP contribution in [-0.4, -0.2) is 55.8 Å². The van der Waals surface area contributed by atoms with Gasteiger partial charge in [0.15, 0.2) is 0 Å². The molecule has 1 aliphatic heterocycles. The van der Waals surface area contributed by atoms with Gasteiger partial charge in [0.05, 0.1) is 0 Å². The molecular weight excluding hydrogens is 266 g/mol. The Labute approximate surface area is 127 Å². The minimum absolute atomic E-state index is 0.319. The average Bonchev–Trinajstić information content (AvgIpc) is 2.86. The van der Waals surface area contributed by atoms with E-state index in [1.807, 2.05) is 0 Å². The number of hydrogen-bond donors (Lipinski definition) is 1. The normalized spacial score (nSPS) is 21.6. The number of rotatable bonds is 6. The first kappa shape index (κ1) is 15.8. The van der Waals surface area contributed by atoms with Gasteiger partial charge in [-0.2, -0.15) is 0 Å². The van der Waals surface area contributed by atoms with Crippen LogP contribution >= 0.6 is 11.8 Å². The van der Waals surface area contributed by atoms with Crippen LogP contribution in [0.3, 0.4) is 0 Å². The van der Waals surface area contributed by atoms with Gasteiger partial charge in [-0.05, 0) is 57.4 Å². The summed E-state index contributed by atoms with van der Waals surface area (Å²) in [5.74, 6) is 0. The number of likely N-dealkylation sites (tertiary alicyclic amines) is 1. The zero-order valence-electron chi connectivity index (χ0n) is 12.9. The predicted molar refractivity (Wildman–Crippen MR) is 88.3 cm³/mol. The average molecular weight is 293 g/mol. The number of likely N-dealkylation sites (N-methyl/N-ethyl adjacent to an activating group) is 2. The largest absolute Gasteiger partial charge is 0.329 e. The van der Waals surface area contributed by atoms with E-state index >= 15 is 0 Å². The van der Waals surface area contributed by atoms with Crippen LogP contribution in [0, 0.1) is 0 Å². The Morgan fingerprint density at radius 2 is 2.10 bits per heavy atom. The molecule has 1 fully saturated rings. The van der Waals surface area contributed by atoms with Crippen molar-refractivity contribution in [1.82, 2.24) is 9.80 Å². The van der Waals surface area contributed by atoms with Gasteiger partial charge in [0.2, 0.25) is 0 Å². The first-order chi connectivity index (χ1) is 9.65. The van der Waals surface area contributed by atoms with Crippen molar-refractivity contribution in [2.24, 2.45) is 5.73 Å². The summed E-state index contributed by atoms with van der Waals surface area (Å²) in [5.41, 5.74) is 7.35. The molecule has 0 aliphatic carbocycles. The first-order valence-corrected chi connectivity index (χ1v) is 8.62. The summed E-state index contributed by atoms with van der Waals surface area (Å²) in [6.45, 7) is 3.00. The number of nitrogens with two attached hydrogens (primary N) is 1. The smallest absolute Gasteiger partial charge is 0.0468 e. The number of hydrogen-bond acceptors (Lipinski definition) is 4. The summed E-state index contributed by atoms with van der Waals surface area (Å²) < 4.78 is 0. The molecule has 1 aromatic carbocycles. The molecule has 2 unspecified atom stereocenters. The molecule has 0 bridgehead atoms. The van der Waals surface area contributed by atoms with Crippen molar-refractivity contribution >= 4 is 11.8 Å². The topological polar surface area (TPSA) is 32.5 Å². The maximum Gasteiger partial charge on any atom is 0.0468 e. The molecule has 0 radical (unpaired) electrons. The second kappa shape index (κ2) is 7.46. The molecule has 20 heavy (non-hydrogen) atoms. The molecule has 1 heterocycles. The van der Waals surface area contributed by atoms with Gasteiger partial charge < -0.3 is 10.6 Å². The highest BCUT2D eigenvalue weighted by atomic mass is 32.2. The minimum atomic E-state index is 0.319. The Hall–Kier alpha value is -0.550. The summed E-state index contributed by atoms with van der Waals surface area (Å²) in [4.78, 5) is 6.20. The zero-order chi connectivity index (χ0) is 14.5. The van der Waals surface area contributed by atoms with Crippen molar-refractivity contribution in [3.8, 4) is 0 Å². The summed E-state index contributed by atoms with van der Waals surface area (Å²) in [7, 11) is 4.43. The van der Waals surface area contributed by atoms with Crippen LogP contribution in [0.5, 0.6) is 0 Å². The highest BCUT2D eigenvalue weighted by molar-refractivity contribution is 7.98. The summed E-state index contributed by atoms with van der Waals surface area (Å²) in [6, 6.07) is 9.83. The van der Waals surface area contributed by atoms with Crippen molar-refractivity contribution in [3.63, 3.8) is 0 Å². The van der Waals surface area contributed by atoms with Crippen LogP contribution < -0.4 is 5.73 Å². The van der Waals surface area contributed by atoms with E-state index in [1.54, 1.807) is 11.8 Å². The lowest BCUT2D eigenvalue weighted by atomic mass is 10.0. The van der Waals surface area contributed by atoms with Crippen molar-refractivity contribution in [1.29, 1.82) is 0 Å². The van der Waals surface area contributed by atoms with Crippen LogP contribution in [0.15, 0.2) is 29.2 Å². The van der Waals surface area contributed by atoms with Crippen LogP contribution in [0.4, 0.5) is 0 Å². The van der Waals surface area contributed by atoms with Gasteiger partial charge in [0, 0.05) is 30.1 Å². The van der Waals surface area contributed by atoms with Crippen molar-refractivity contribution < 1.29 is 0 Å². The summed E-state index contributed by atoms with van der Waals surface area (Å²) in [6.07, 6.45) is 4.74. The first-order valence-electron chi connectivity index (χ1n) is 7.40. The molecule has 2 N–H and O–H groups in total. The summed E-state index contributed by atoms with van der Waals surface area (Å²) in [5, 5.41) is 0. The van der Waals surface area contributed by atoms with Crippen LogP contribution in [0.2, 0.25) is 0 Å². The Kier molecular flexibility index (Phi) is 5.90. The van der Waals surface area contributed by atoms with Crippen LogP contribution in [0.25, 0.3) is 0 Å². The van der Waals surface area contributed by atoms with E-state index in [-0.39, 0.29) is 0 Å². The highest BCUT2D eigenvalue weighted by Gasteiger charge is 2.25. The second-order valence-electron chi connectivity index (χ2n) is 5.74. The fourth-order valence-corrected chi connectivity index (χ4v) is 3.47. The van der Waals surface area contributed by atoms with Gasteiger partial charge in [0.1, 0.15) is 0 Å². The molecule has 4 heteroatoms.